The van der Waals surface area contributed by atoms with Crippen LogP contribution in [0.2, 0.25) is 5.02 Å². The zero-order chi connectivity index (χ0) is 16.1. The number of nitrogens with one attached hydrogen (secondary N) is 1. The summed E-state index contributed by atoms with van der Waals surface area (Å²) >= 11 is 9.08. The second-order valence-corrected chi connectivity index (χ2v) is 5.51. The molecule has 2 rings (SSSR count). The molecule has 0 saturated carbocycles. The maximum atomic E-state index is 11.8. The Morgan fingerprint density at radius 1 is 1.32 bits per heavy atom. The molecule has 2 aromatic rings. The number of ether oxygens (including phenoxy) is 1. The highest BCUT2D eigenvalue weighted by molar-refractivity contribution is 9.10. The van der Waals surface area contributed by atoms with Crippen LogP contribution < -0.4 is 10.1 Å². The predicted octanol–water partition coefficient (Wildman–Crippen LogP) is 4.03. The molecule has 0 saturated heterocycles. The van der Waals surface area contributed by atoms with Crippen molar-refractivity contribution in [3.8, 4) is 5.75 Å². The van der Waals surface area contributed by atoms with Gasteiger partial charge in [-0.05, 0) is 40.2 Å². The standard InChI is InChI=1S/C14H10BrClN2O4/c15-12-6-9(16)4-5-13(12)22-8-14(19)17-10-2-1-3-11(7-10)18(20)21/h1-7H,8H2,(H,17,19). The second-order valence-electron chi connectivity index (χ2n) is 4.22. The van der Waals surface area contributed by atoms with E-state index in [1.54, 1.807) is 24.3 Å². The van der Waals surface area contributed by atoms with Crippen LogP contribution >= 0.6 is 27.5 Å². The Labute approximate surface area is 139 Å². The Morgan fingerprint density at radius 3 is 2.77 bits per heavy atom. The molecule has 22 heavy (non-hydrogen) atoms. The SMILES string of the molecule is O=C(COc1ccc(Cl)cc1Br)Nc1cccc([N+](=O)[O-])c1. The molecule has 2 aromatic carbocycles. The van der Waals surface area contributed by atoms with E-state index in [0.29, 0.717) is 20.9 Å². The van der Waals surface area contributed by atoms with Crippen LogP contribution in [0.1, 0.15) is 0 Å². The summed E-state index contributed by atoms with van der Waals surface area (Å²) in [5.41, 5.74) is 0.233. The van der Waals surface area contributed by atoms with Crippen molar-refractivity contribution in [1.29, 1.82) is 0 Å². The first-order chi connectivity index (χ1) is 10.5. The Balaban J connectivity index is 1.95. The Bertz CT molecular complexity index is 724. The molecule has 0 radical (unpaired) electrons. The van der Waals surface area contributed by atoms with Crippen molar-refractivity contribution in [1.82, 2.24) is 0 Å². The molecule has 0 spiro atoms. The van der Waals surface area contributed by atoms with Gasteiger partial charge >= 0.3 is 0 Å². The number of hydrogen-bond acceptors (Lipinski definition) is 4. The molecule has 0 fully saturated rings. The number of nitrogens with zero attached hydrogens (tertiary/aromatic N) is 1. The molecule has 1 amide bonds. The highest BCUT2D eigenvalue weighted by Gasteiger charge is 2.09. The van der Waals surface area contributed by atoms with Gasteiger partial charge in [0.25, 0.3) is 11.6 Å². The fourth-order valence-electron chi connectivity index (χ4n) is 1.63. The number of carbonyl (C=O) groups excluding carboxylic acids is 1. The lowest BCUT2D eigenvalue weighted by Gasteiger charge is -2.09. The average molecular weight is 386 g/mol. The molecule has 114 valence electrons. The van der Waals surface area contributed by atoms with E-state index in [1.807, 2.05) is 0 Å². The van der Waals surface area contributed by atoms with Crippen LogP contribution in [-0.4, -0.2) is 17.4 Å². The summed E-state index contributed by atoms with van der Waals surface area (Å²) in [5.74, 6) is 0.0425. The van der Waals surface area contributed by atoms with Crippen LogP contribution in [0, 0.1) is 10.1 Å². The van der Waals surface area contributed by atoms with Crippen molar-refractivity contribution < 1.29 is 14.5 Å². The first kappa shape index (κ1) is 16.3. The third-order valence-corrected chi connectivity index (χ3v) is 3.45. The minimum atomic E-state index is -0.531. The number of anilines is 1. The van der Waals surface area contributed by atoms with Crippen molar-refractivity contribution in [2.75, 3.05) is 11.9 Å². The lowest BCUT2D eigenvalue weighted by atomic mass is 10.3. The maximum Gasteiger partial charge on any atom is 0.271 e. The summed E-state index contributed by atoms with van der Waals surface area (Å²) in [6.45, 7) is -0.233. The Morgan fingerprint density at radius 2 is 2.09 bits per heavy atom. The van der Waals surface area contributed by atoms with Crippen molar-refractivity contribution in [2.45, 2.75) is 0 Å². The number of hydrogen-bond donors (Lipinski definition) is 1. The van der Waals surface area contributed by atoms with Crippen molar-refractivity contribution in [3.63, 3.8) is 0 Å². The summed E-state index contributed by atoms with van der Waals surface area (Å²) in [7, 11) is 0. The highest BCUT2D eigenvalue weighted by atomic mass is 79.9. The third-order valence-electron chi connectivity index (χ3n) is 2.59. The molecule has 0 aliphatic rings. The average Bonchev–Trinajstić information content (AvgIpc) is 2.46. The maximum absolute atomic E-state index is 11.8. The number of carbonyl (C=O) groups is 1. The first-order valence-electron chi connectivity index (χ1n) is 6.08. The predicted molar refractivity (Wildman–Crippen MR) is 86.4 cm³/mol. The quantitative estimate of drug-likeness (QED) is 0.622. The van der Waals surface area contributed by atoms with Gasteiger partial charge in [-0.1, -0.05) is 17.7 Å². The van der Waals surface area contributed by atoms with Gasteiger partial charge in [0.15, 0.2) is 6.61 Å². The number of benzene rings is 2. The Hall–Kier alpha value is -2.12. The van der Waals surface area contributed by atoms with E-state index in [4.69, 9.17) is 16.3 Å². The largest absolute Gasteiger partial charge is 0.483 e. The summed E-state index contributed by atoms with van der Waals surface area (Å²) < 4.78 is 5.98. The van der Waals surface area contributed by atoms with Gasteiger partial charge in [-0.2, -0.15) is 0 Å². The van der Waals surface area contributed by atoms with Gasteiger partial charge in [-0.25, -0.2) is 0 Å². The highest BCUT2D eigenvalue weighted by Crippen LogP contribution is 2.28. The Kier molecular flexibility index (Phi) is 5.35. The third kappa shape index (κ3) is 4.44. The molecule has 1 N–H and O–H groups in total. The van der Waals surface area contributed by atoms with E-state index in [-0.39, 0.29) is 12.3 Å². The van der Waals surface area contributed by atoms with Gasteiger partial charge in [0.05, 0.1) is 9.40 Å². The van der Waals surface area contributed by atoms with Crippen LogP contribution in [0.15, 0.2) is 46.9 Å². The number of halogens is 2. The van der Waals surface area contributed by atoms with E-state index in [1.165, 1.54) is 18.2 Å². The van der Waals surface area contributed by atoms with E-state index in [9.17, 15) is 14.9 Å². The van der Waals surface area contributed by atoms with E-state index in [0.717, 1.165) is 0 Å². The van der Waals surface area contributed by atoms with E-state index >= 15 is 0 Å². The molecule has 0 aromatic heterocycles. The van der Waals surface area contributed by atoms with Gasteiger partial charge in [-0.3, -0.25) is 14.9 Å². The molecular formula is C14H10BrClN2O4. The summed E-state index contributed by atoms with van der Waals surface area (Å²) in [5, 5.41) is 13.7. The first-order valence-corrected chi connectivity index (χ1v) is 7.25. The number of amides is 1. The normalized spacial score (nSPS) is 10.1. The van der Waals surface area contributed by atoms with Gasteiger partial charge in [0, 0.05) is 22.8 Å². The van der Waals surface area contributed by atoms with Gasteiger partial charge < -0.3 is 10.1 Å². The number of nitro benzene ring substituents is 1. The summed E-state index contributed by atoms with van der Waals surface area (Å²) in [4.78, 5) is 21.9. The van der Waals surface area contributed by atoms with Crippen molar-refractivity contribution in [3.05, 3.63) is 62.1 Å². The van der Waals surface area contributed by atoms with E-state index in [2.05, 4.69) is 21.2 Å². The number of non-ortho nitro benzene ring substituents is 1. The molecule has 0 atom stereocenters. The summed E-state index contributed by atoms with van der Waals surface area (Å²) in [6.07, 6.45) is 0. The molecule has 0 unspecified atom stereocenters. The molecule has 6 nitrogen and oxygen atoms in total. The van der Waals surface area contributed by atoms with Gasteiger partial charge in [0.1, 0.15) is 5.75 Å². The number of rotatable bonds is 5. The van der Waals surface area contributed by atoms with Crippen LogP contribution in [0.4, 0.5) is 11.4 Å². The summed E-state index contributed by atoms with van der Waals surface area (Å²) in [6, 6.07) is 10.6. The van der Waals surface area contributed by atoms with E-state index < -0.39 is 10.8 Å². The fourth-order valence-corrected chi connectivity index (χ4v) is 2.43. The molecule has 0 heterocycles. The second kappa shape index (κ2) is 7.24. The van der Waals surface area contributed by atoms with Crippen LogP contribution in [0.25, 0.3) is 0 Å². The minimum Gasteiger partial charge on any atom is -0.483 e. The van der Waals surface area contributed by atoms with Crippen LogP contribution in [0.3, 0.4) is 0 Å². The zero-order valence-electron chi connectivity index (χ0n) is 11.1. The molecule has 0 bridgehead atoms. The monoisotopic (exact) mass is 384 g/mol. The topological polar surface area (TPSA) is 81.5 Å². The minimum absolute atomic E-state index is 0.0980. The molecular weight excluding hydrogens is 376 g/mol. The molecule has 8 heteroatoms. The lowest BCUT2D eigenvalue weighted by Crippen LogP contribution is -2.20. The molecule has 0 aliphatic carbocycles. The van der Waals surface area contributed by atoms with Crippen LogP contribution in [0.5, 0.6) is 5.75 Å². The smallest absolute Gasteiger partial charge is 0.271 e. The number of nitro groups is 1. The van der Waals surface area contributed by atoms with Crippen molar-refractivity contribution >= 4 is 44.8 Å². The van der Waals surface area contributed by atoms with Crippen molar-refractivity contribution in [2.24, 2.45) is 0 Å². The van der Waals surface area contributed by atoms with Gasteiger partial charge in [0.2, 0.25) is 0 Å². The lowest BCUT2D eigenvalue weighted by molar-refractivity contribution is -0.384. The van der Waals surface area contributed by atoms with Crippen LogP contribution in [-0.2, 0) is 4.79 Å². The fraction of sp³-hybridized carbons (Fsp3) is 0.0714. The molecule has 0 aliphatic heterocycles. The zero-order valence-corrected chi connectivity index (χ0v) is 13.4. The van der Waals surface area contributed by atoms with Gasteiger partial charge in [-0.15, -0.1) is 0 Å².